The van der Waals surface area contributed by atoms with E-state index in [1.165, 1.54) is 6.26 Å². The highest BCUT2D eigenvalue weighted by Gasteiger charge is 2.42. The van der Waals surface area contributed by atoms with Gasteiger partial charge in [-0.1, -0.05) is 20.3 Å². The van der Waals surface area contributed by atoms with Crippen LogP contribution < -0.4 is 0 Å². The zero-order chi connectivity index (χ0) is 15.2. The van der Waals surface area contributed by atoms with E-state index in [4.69, 9.17) is 9.15 Å². The number of thioether (sulfide) groups is 1. The maximum absolute atomic E-state index is 12.6. The van der Waals surface area contributed by atoms with Crippen LogP contribution in [0.4, 0.5) is 0 Å². The Bertz CT molecular complexity index is 474. The van der Waals surface area contributed by atoms with Gasteiger partial charge in [0.25, 0.3) is 5.91 Å². The van der Waals surface area contributed by atoms with Gasteiger partial charge in [-0.05, 0) is 25.0 Å². The largest absolute Gasteiger partial charge is 0.464 e. The summed E-state index contributed by atoms with van der Waals surface area (Å²) in [6, 6.07) is 2.79. The smallest absolute Gasteiger partial charge is 0.329 e. The van der Waals surface area contributed by atoms with Crippen molar-refractivity contribution in [3.8, 4) is 0 Å². The lowest BCUT2D eigenvalue weighted by molar-refractivity contribution is -0.148. The van der Waals surface area contributed by atoms with Crippen LogP contribution in [-0.2, 0) is 9.53 Å². The summed E-state index contributed by atoms with van der Waals surface area (Å²) in [5.74, 6) is 0.302. The molecule has 116 valence electrons. The first kappa shape index (κ1) is 15.9. The summed E-state index contributed by atoms with van der Waals surface area (Å²) in [5.41, 5.74) is 0. The van der Waals surface area contributed by atoms with Crippen molar-refractivity contribution in [3.63, 3.8) is 0 Å². The molecule has 2 heterocycles. The minimum Gasteiger partial charge on any atom is -0.464 e. The average Bonchev–Trinajstić information content (AvgIpc) is 3.14. The van der Waals surface area contributed by atoms with Crippen molar-refractivity contribution in [2.75, 3.05) is 12.4 Å². The van der Waals surface area contributed by atoms with Gasteiger partial charge in [-0.25, -0.2) is 4.79 Å². The molecule has 2 atom stereocenters. The SMILES string of the molecule is CCCOC(=O)C1CSC(CCC)N1C(=O)c1ccco1. The molecule has 1 fully saturated rings. The van der Waals surface area contributed by atoms with Crippen molar-refractivity contribution in [2.24, 2.45) is 0 Å². The van der Waals surface area contributed by atoms with Gasteiger partial charge < -0.3 is 14.1 Å². The highest BCUT2D eigenvalue weighted by molar-refractivity contribution is 8.00. The van der Waals surface area contributed by atoms with E-state index < -0.39 is 6.04 Å². The molecule has 0 aromatic carbocycles. The first-order valence-corrected chi connectivity index (χ1v) is 8.38. The summed E-state index contributed by atoms with van der Waals surface area (Å²) in [6.07, 6.45) is 4.05. The second-order valence-electron chi connectivity index (χ2n) is 4.95. The van der Waals surface area contributed by atoms with Crippen molar-refractivity contribution in [3.05, 3.63) is 24.2 Å². The third-order valence-electron chi connectivity index (χ3n) is 3.32. The normalized spacial score (nSPS) is 21.5. The second-order valence-corrected chi connectivity index (χ2v) is 6.16. The van der Waals surface area contributed by atoms with Crippen LogP contribution in [0.1, 0.15) is 43.7 Å². The summed E-state index contributed by atoms with van der Waals surface area (Å²) in [6.45, 7) is 4.41. The predicted octanol–water partition coefficient (Wildman–Crippen LogP) is 2.92. The van der Waals surface area contributed by atoms with Gasteiger partial charge in [0.2, 0.25) is 0 Å². The molecule has 21 heavy (non-hydrogen) atoms. The third-order valence-corrected chi connectivity index (χ3v) is 4.67. The van der Waals surface area contributed by atoms with Gasteiger partial charge >= 0.3 is 5.97 Å². The molecule has 0 bridgehead atoms. The summed E-state index contributed by atoms with van der Waals surface area (Å²) in [5, 5.41) is 0.00627. The molecule has 2 unspecified atom stereocenters. The molecule has 0 spiro atoms. The number of carbonyl (C=O) groups excluding carboxylic acids is 2. The number of hydrogen-bond acceptors (Lipinski definition) is 5. The van der Waals surface area contributed by atoms with E-state index in [2.05, 4.69) is 6.92 Å². The van der Waals surface area contributed by atoms with Crippen LogP contribution in [0.5, 0.6) is 0 Å². The number of nitrogens with zero attached hydrogens (tertiary/aromatic N) is 1. The van der Waals surface area contributed by atoms with Crippen LogP contribution in [0.25, 0.3) is 0 Å². The van der Waals surface area contributed by atoms with Crippen LogP contribution in [0.3, 0.4) is 0 Å². The Morgan fingerprint density at radius 2 is 2.24 bits per heavy atom. The van der Waals surface area contributed by atoms with Crippen LogP contribution in [0.2, 0.25) is 0 Å². The molecule has 0 saturated carbocycles. The zero-order valence-corrected chi connectivity index (χ0v) is 13.2. The number of ether oxygens (including phenoxy) is 1. The van der Waals surface area contributed by atoms with E-state index in [-0.39, 0.29) is 23.0 Å². The van der Waals surface area contributed by atoms with Gasteiger partial charge in [0, 0.05) is 5.75 Å². The quantitative estimate of drug-likeness (QED) is 0.756. The Balaban J connectivity index is 2.16. The van der Waals surface area contributed by atoms with Gasteiger partial charge in [0.1, 0.15) is 6.04 Å². The zero-order valence-electron chi connectivity index (χ0n) is 12.4. The first-order chi connectivity index (χ1) is 10.2. The monoisotopic (exact) mass is 311 g/mol. The molecule has 1 aromatic heterocycles. The minimum atomic E-state index is -0.518. The number of furan rings is 1. The number of hydrogen-bond donors (Lipinski definition) is 0. The van der Waals surface area contributed by atoms with Gasteiger partial charge in [0.15, 0.2) is 5.76 Å². The topological polar surface area (TPSA) is 59.8 Å². The number of esters is 1. The molecule has 1 amide bonds. The Labute approximate surface area is 129 Å². The summed E-state index contributed by atoms with van der Waals surface area (Å²) in [7, 11) is 0. The maximum atomic E-state index is 12.6. The maximum Gasteiger partial charge on any atom is 0.329 e. The molecule has 1 aliphatic rings. The number of amides is 1. The average molecular weight is 311 g/mol. The van der Waals surface area contributed by atoms with Gasteiger partial charge in [-0.3, -0.25) is 4.79 Å². The Morgan fingerprint density at radius 3 is 2.86 bits per heavy atom. The lowest BCUT2D eigenvalue weighted by atomic mass is 10.2. The summed E-state index contributed by atoms with van der Waals surface area (Å²) < 4.78 is 10.4. The van der Waals surface area contributed by atoms with Crippen molar-refractivity contribution >= 4 is 23.6 Å². The van der Waals surface area contributed by atoms with Gasteiger partial charge in [0.05, 0.1) is 18.2 Å². The third kappa shape index (κ3) is 3.61. The van der Waals surface area contributed by atoms with E-state index in [0.717, 1.165) is 19.3 Å². The van der Waals surface area contributed by atoms with E-state index >= 15 is 0 Å². The molecule has 2 rings (SSSR count). The highest BCUT2D eigenvalue weighted by atomic mass is 32.2. The van der Waals surface area contributed by atoms with Crippen LogP contribution >= 0.6 is 11.8 Å². The fourth-order valence-corrected chi connectivity index (χ4v) is 3.82. The van der Waals surface area contributed by atoms with E-state index in [0.29, 0.717) is 12.4 Å². The van der Waals surface area contributed by atoms with Gasteiger partial charge in [-0.2, -0.15) is 0 Å². The summed E-state index contributed by atoms with van der Waals surface area (Å²) in [4.78, 5) is 26.4. The van der Waals surface area contributed by atoms with Crippen molar-refractivity contribution in [2.45, 2.75) is 44.5 Å². The molecule has 0 aliphatic carbocycles. The van der Waals surface area contributed by atoms with Crippen LogP contribution in [0.15, 0.2) is 22.8 Å². The predicted molar refractivity (Wildman–Crippen MR) is 81.1 cm³/mol. The molecule has 1 saturated heterocycles. The van der Waals surface area contributed by atoms with Crippen LogP contribution in [-0.4, -0.2) is 40.6 Å². The molecule has 0 N–H and O–H groups in total. The van der Waals surface area contributed by atoms with Crippen molar-refractivity contribution in [1.29, 1.82) is 0 Å². The molecular formula is C15H21NO4S. The molecule has 0 radical (unpaired) electrons. The van der Waals surface area contributed by atoms with Crippen molar-refractivity contribution in [1.82, 2.24) is 4.90 Å². The number of carbonyl (C=O) groups is 2. The molecule has 1 aliphatic heterocycles. The second kappa shape index (κ2) is 7.54. The van der Waals surface area contributed by atoms with Crippen LogP contribution in [0, 0.1) is 0 Å². The molecular weight excluding hydrogens is 290 g/mol. The Kier molecular flexibility index (Phi) is 5.73. The van der Waals surface area contributed by atoms with E-state index in [9.17, 15) is 9.59 Å². The molecule has 5 nitrogen and oxygen atoms in total. The summed E-state index contributed by atoms with van der Waals surface area (Å²) >= 11 is 1.63. The van der Waals surface area contributed by atoms with E-state index in [1.807, 2.05) is 6.92 Å². The minimum absolute atomic E-state index is 0.00627. The van der Waals surface area contributed by atoms with E-state index in [1.54, 1.807) is 28.8 Å². The van der Waals surface area contributed by atoms with Crippen molar-refractivity contribution < 1.29 is 18.7 Å². The lowest BCUT2D eigenvalue weighted by Crippen LogP contribution is -2.46. The fraction of sp³-hybridized carbons (Fsp3) is 0.600. The standard InChI is InChI=1S/C15H21NO4S/c1-3-6-13-16(14(17)12-7-5-9-19-12)11(10-21-13)15(18)20-8-4-2/h5,7,9,11,13H,3-4,6,8,10H2,1-2H3. The molecule has 1 aromatic rings. The Hall–Kier alpha value is -1.43. The Morgan fingerprint density at radius 1 is 1.43 bits per heavy atom. The van der Waals surface area contributed by atoms with Gasteiger partial charge in [-0.15, -0.1) is 11.8 Å². The number of rotatable bonds is 6. The fourth-order valence-electron chi connectivity index (χ4n) is 2.31. The first-order valence-electron chi connectivity index (χ1n) is 7.33. The lowest BCUT2D eigenvalue weighted by Gasteiger charge is -2.27. The molecule has 6 heteroatoms. The highest BCUT2D eigenvalue weighted by Crippen LogP contribution is 2.34.